The van der Waals surface area contributed by atoms with Gasteiger partial charge in [0.05, 0.1) is 10.6 Å². The minimum absolute atomic E-state index is 0.0254. The second-order valence-corrected chi connectivity index (χ2v) is 10.5. The SMILES string of the molecule is C=CC(=O)N(CCC(CCc1ccc(O)c2[nH]c(=O)sc12)C(=O)OCc1ccccc1)C(CCC)CCC. The monoisotopic (exact) mass is 538 g/mol. The zero-order chi connectivity index (χ0) is 27.5. The Bertz CT molecular complexity index is 1260. The number of aromatic hydroxyl groups is 1. The highest BCUT2D eigenvalue weighted by Gasteiger charge is 2.26. The third-order valence-corrected chi connectivity index (χ3v) is 7.78. The Morgan fingerprint density at radius 1 is 1.08 bits per heavy atom. The van der Waals surface area contributed by atoms with Crippen LogP contribution in [-0.4, -0.2) is 39.5 Å². The van der Waals surface area contributed by atoms with Crippen molar-refractivity contribution in [1.82, 2.24) is 9.88 Å². The van der Waals surface area contributed by atoms with Crippen molar-refractivity contribution in [3.05, 3.63) is 75.9 Å². The molecule has 1 amide bonds. The van der Waals surface area contributed by atoms with Crippen LogP contribution in [0.3, 0.4) is 0 Å². The summed E-state index contributed by atoms with van der Waals surface area (Å²) in [6.07, 6.45) is 6.54. The van der Waals surface area contributed by atoms with Gasteiger partial charge < -0.3 is 19.7 Å². The Morgan fingerprint density at radius 3 is 2.45 bits per heavy atom. The van der Waals surface area contributed by atoms with Crippen LogP contribution < -0.4 is 4.87 Å². The molecule has 0 saturated carbocycles. The maximum atomic E-state index is 13.3. The van der Waals surface area contributed by atoms with Gasteiger partial charge in [-0.05, 0) is 55.4 Å². The summed E-state index contributed by atoms with van der Waals surface area (Å²) in [7, 11) is 0. The average molecular weight is 539 g/mol. The molecular weight excluding hydrogens is 500 g/mol. The molecule has 0 bridgehead atoms. The Balaban J connectivity index is 1.79. The molecule has 0 saturated heterocycles. The number of nitrogens with zero attached hydrogens (tertiary/aromatic N) is 1. The van der Waals surface area contributed by atoms with Crippen LogP contribution in [0.15, 0.2) is 59.9 Å². The number of aromatic amines is 1. The molecule has 1 aromatic heterocycles. The molecule has 8 heteroatoms. The zero-order valence-corrected chi connectivity index (χ0v) is 23.1. The van der Waals surface area contributed by atoms with Crippen LogP contribution in [0.1, 0.15) is 63.5 Å². The molecule has 1 unspecified atom stereocenters. The number of aromatic nitrogens is 1. The van der Waals surface area contributed by atoms with Crippen molar-refractivity contribution in [2.75, 3.05) is 6.54 Å². The van der Waals surface area contributed by atoms with Crippen molar-refractivity contribution in [1.29, 1.82) is 0 Å². The van der Waals surface area contributed by atoms with E-state index in [0.717, 1.165) is 48.1 Å². The predicted octanol–water partition coefficient (Wildman–Crippen LogP) is 5.96. The second-order valence-electron chi connectivity index (χ2n) is 9.55. The second kappa shape index (κ2) is 14.5. The molecule has 0 aliphatic heterocycles. The standard InChI is InChI=1S/C30H38N2O5S/c1-4-10-24(11-5-2)32(26(34)6-3)19-18-23(29(35)37-20-21-12-8-7-9-13-21)15-14-22-16-17-25(33)27-28(22)38-30(36)31-27/h6-9,12-13,16-17,23-24,33H,3-5,10-11,14-15,18-20H2,1-2H3,(H,31,36). The maximum absolute atomic E-state index is 13.3. The minimum Gasteiger partial charge on any atom is -0.506 e. The van der Waals surface area contributed by atoms with Gasteiger partial charge >= 0.3 is 10.8 Å². The molecule has 3 aromatic rings. The number of rotatable bonds is 15. The molecule has 1 heterocycles. The molecule has 0 aliphatic carbocycles. The van der Waals surface area contributed by atoms with Gasteiger partial charge in [0.1, 0.15) is 17.9 Å². The maximum Gasteiger partial charge on any atom is 0.309 e. The lowest BCUT2D eigenvalue weighted by Crippen LogP contribution is -2.41. The van der Waals surface area contributed by atoms with E-state index in [0.29, 0.717) is 36.0 Å². The topological polar surface area (TPSA) is 99.7 Å². The Hall–Kier alpha value is -3.39. The fraction of sp³-hybridized carbons (Fsp3) is 0.433. The van der Waals surface area contributed by atoms with Crippen LogP contribution in [-0.2, 0) is 27.4 Å². The van der Waals surface area contributed by atoms with Crippen molar-refractivity contribution in [2.24, 2.45) is 5.92 Å². The Labute approximate surface area is 228 Å². The number of hydrogen-bond donors (Lipinski definition) is 2. The van der Waals surface area contributed by atoms with Crippen LogP contribution in [0.25, 0.3) is 10.2 Å². The Morgan fingerprint density at radius 2 is 1.79 bits per heavy atom. The van der Waals surface area contributed by atoms with E-state index in [1.54, 1.807) is 12.1 Å². The lowest BCUT2D eigenvalue weighted by atomic mass is 9.95. The van der Waals surface area contributed by atoms with E-state index in [-0.39, 0.29) is 35.1 Å². The number of carbonyl (C=O) groups is 2. The minimum atomic E-state index is -0.442. The summed E-state index contributed by atoms with van der Waals surface area (Å²) < 4.78 is 6.40. The van der Waals surface area contributed by atoms with E-state index in [9.17, 15) is 19.5 Å². The number of ether oxygens (including phenoxy) is 1. The number of hydrogen-bond acceptors (Lipinski definition) is 6. The zero-order valence-electron chi connectivity index (χ0n) is 22.3. The largest absolute Gasteiger partial charge is 0.506 e. The quantitative estimate of drug-likeness (QED) is 0.184. The van der Waals surface area contributed by atoms with Crippen molar-refractivity contribution < 1.29 is 19.4 Å². The Kier molecular flexibility index (Phi) is 11.1. The first-order valence-electron chi connectivity index (χ1n) is 13.3. The van der Waals surface area contributed by atoms with Gasteiger partial charge in [-0.2, -0.15) is 0 Å². The number of phenolic OH excluding ortho intramolecular Hbond substituents is 1. The molecule has 204 valence electrons. The van der Waals surface area contributed by atoms with Gasteiger partial charge in [0.25, 0.3) is 0 Å². The normalized spacial score (nSPS) is 12.0. The smallest absolute Gasteiger partial charge is 0.309 e. The number of carbonyl (C=O) groups excluding carboxylic acids is 2. The molecule has 1 atom stereocenters. The van der Waals surface area contributed by atoms with E-state index in [1.807, 2.05) is 35.2 Å². The number of phenols is 1. The van der Waals surface area contributed by atoms with Crippen LogP contribution in [0, 0.1) is 5.92 Å². The van der Waals surface area contributed by atoms with E-state index in [4.69, 9.17) is 4.74 Å². The number of H-pyrrole nitrogens is 1. The number of nitrogens with one attached hydrogen (secondary N) is 1. The lowest BCUT2D eigenvalue weighted by molar-refractivity contribution is -0.151. The first kappa shape index (κ1) is 29.2. The summed E-state index contributed by atoms with van der Waals surface area (Å²) in [6, 6.07) is 13.0. The highest BCUT2D eigenvalue weighted by Crippen LogP contribution is 2.30. The number of fused-ring (bicyclic) bond motifs is 1. The summed E-state index contributed by atoms with van der Waals surface area (Å²) >= 11 is 1.05. The van der Waals surface area contributed by atoms with Gasteiger partial charge in [0.15, 0.2) is 0 Å². The summed E-state index contributed by atoms with van der Waals surface area (Å²) in [5.74, 6) is -0.843. The summed E-state index contributed by atoms with van der Waals surface area (Å²) in [4.78, 5) is 42.3. The van der Waals surface area contributed by atoms with Crippen LogP contribution in [0.5, 0.6) is 5.75 Å². The van der Waals surface area contributed by atoms with Gasteiger partial charge in [-0.15, -0.1) is 0 Å². The number of benzene rings is 2. The summed E-state index contributed by atoms with van der Waals surface area (Å²) in [5, 5.41) is 10.1. The van der Waals surface area contributed by atoms with E-state index >= 15 is 0 Å². The fourth-order valence-electron chi connectivity index (χ4n) is 4.83. The van der Waals surface area contributed by atoms with Crippen LogP contribution in [0.4, 0.5) is 0 Å². The predicted molar refractivity (Wildman–Crippen MR) is 152 cm³/mol. The van der Waals surface area contributed by atoms with Gasteiger partial charge in [-0.1, -0.05) is 81.0 Å². The van der Waals surface area contributed by atoms with Crippen molar-refractivity contribution in [3.8, 4) is 5.75 Å². The highest BCUT2D eigenvalue weighted by molar-refractivity contribution is 7.16. The molecule has 3 rings (SSSR count). The molecule has 0 aliphatic rings. The fourth-order valence-corrected chi connectivity index (χ4v) is 5.73. The molecular formula is C30H38N2O5S. The van der Waals surface area contributed by atoms with Crippen molar-refractivity contribution in [3.63, 3.8) is 0 Å². The summed E-state index contributed by atoms with van der Waals surface area (Å²) in [6.45, 7) is 8.53. The van der Waals surface area contributed by atoms with Gasteiger partial charge in [-0.3, -0.25) is 14.4 Å². The van der Waals surface area contributed by atoms with E-state index in [2.05, 4.69) is 25.4 Å². The lowest BCUT2D eigenvalue weighted by Gasteiger charge is -2.32. The van der Waals surface area contributed by atoms with Gasteiger partial charge in [0, 0.05) is 12.6 Å². The van der Waals surface area contributed by atoms with E-state index in [1.165, 1.54) is 6.08 Å². The third-order valence-electron chi connectivity index (χ3n) is 6.82. The first-order valence-corrected chi connectivity index (χ1v) is 14.2. The molecule has 0 fully saturated rings. The number of amides is 1. The van der Waals surface area contributed by atoms with Gasteiger partial charge in [-0.25, -0.2) is 0 Å². The molecule has 0 spiro atoms. The van der Waals surface area contributed by atoms with Crippen molar-refractivity contribution in [2.45, 2.75) is 71.4 Å². The molecule has 2 N–H and O–H groups in total. The molecule has 0 radical (unpaired) electrons. The highest BCUT2D eigenvalue weighted by atomic mass is 32.1. The molecule has 38 heavy (non-hydrogen) atoms. The third kappa shape index (κ3) is 7.81. The number of esters is 1. The summed E-state index contributed by atoms with van der Waals surface area (Å²) in [5.41, 5.74) is 2.22. The average Bonchev–Trinajstić information content (AvgIpc) is 3.33. The molecule has 7 nitrogen and oxygen atoms in total. The van der Waals surface area contributed by atoms with Crippen molar-refractivity contribution >= 4 is 33.4 Å². The van der Waals surface area contributed by atoms with E-state index < -0.39 is 5.92 Å². The number of thiazole rings is 1. The van der Waals surface area contributed by atoms with Crippen LogP contribution >= 0.6 is 11.3 Å². The first-order chi connectivity index (χ1) is 18.4. The van der Waals surface area contributed by atoms with Gasteiger partial charge in [0.2, 0.25) is 5.91 Å². The van der Waals surface area contributed by atoms with Crippen LogP contribution in [0.2, 0.25) is 0 Å². The number of aryl methyl sites for hydroxylation is 1. The molecule has 2 aromatic carbocycles.